The maximum Gasteiger partial charge on any atom is 0.215 e. The fourth-order valence-electron chi connectivity index (χ4n) is 3.51. The van der Waals surface area contributed by atoms with Crippen molar-refractivity contribution >= 4 is 21.4 Å². The van der Waals surface area contributed by atoms with E-state index in [1.165, 1.54) is 17.3 Å². The van der Waals surface area contributed by atoms with Gasteiger partial charge in [-0.25, -0.2) is 13.1 Å². The Labute approximate surface area is 162 Å². The van der Waals surface area contributed by atoms with Crippen molar-refractivity contribution in [3.8, 4) is 0 Å². The largest absolute Gasteiger partial charge is 0.378 e. The number of nitrogens with one attached hydrogen (secondary N) is 1. The summed E-state index contributed by atoms with van der Waals surface area (Å²) in [5, 5.41) is 0. The van der Waals surface area contributed by atoms with Crippen LogP contribution in [0.4, 0.5) is 11.4 Å². The molecule has 27 heavy (non-hydrogen) atoms. The lowest BCUT2D eigenvalue weighted by molar-refractivity contribution is 0.565. The second-order valence-corrected chi connectivity index (χ2v) is 8.84. The molecule has 5 nitrogen and oxygen atoms in total. The molecule has 1 aliphatic rings. The van der Waals surface area contributed by atoms with Crippen LogP contribution in [0, 0.1) is 0 Å². The van der Waals surface area contributed by atoms with Gasteiger partial charge in [0.05, 0.1) is 11.8 Å². The molecule has 0 aliphatic carbocycles. The van der Waals surface area contributed by atoms with E-state index in [4.69, 9.17) is 0 Å². The third-order valence-electron chi connectivity index (χ3n) is 4.93. The minimum Gasteiger partial charge on any atom is -0.378 e. The zero-order valence-corrected chi connectivity index (χ0v) is 16.7. The van der Waals surface area contributed by atoms with Gasteiger partial charge in [-0.3, -0.25) is 0 Å². The van der Waals surface area contributed by atoms with E-state index in [2.05, 4.69) is 63.6 Å². The standard InChI is InChI=1S/C21H27N3O2S/c1-4-15-27(25,26)22-16-21(18-9-11-19(12-10-18)23(2)3)24-14-13-17-7-5-6-8-20(17)24/h4-12,21-22H,1,13-16H2,2-3H3. The number of fused-ring (bicyclic) bond motifs is 1. The van der Waals surface area contributed by atoms with Crippen molar-refractivity contribution in [3.63, 3.8) is 0 Å². The third-order valence-corrected chi connectivity index (χ3v) is 6.21. The van der Waals surface area contributed by atoms with Crippen molar-refractivity contribution in [2.75, 3.05) is 42.7 Å². The number of hydrogen-bond acceptors (Lipinski definition) is 4. The van der Waals surface area contributed by atoms with Crippen LogP contribution in [0.2, 0.25) is 0 Å². The highest BCUT2D eigenvalue weighted by Gasteiger charge is 2.28. The SMILES string of the molecule is C=CCS(=O)(=O)NCC(c1ccc(N(C)C)cc1)N1CCc2ccccc21. The van der Waals surface area contributed by atoms with Gasteiger partial charge in [-0.1, -0.05) is 36.4 Å². The summed E-state index contributed by atoms with van der Waals surface area (Å²) in [7, 11) is 0.647. The van der Waals surface area contributed by atoms with Crippen LogP contribution in [0.15, 0.2) is 61.2 Å². The Balaban J connectivity index is 1.91. The van der Waals surface area contributed by atoms with Gasteiger partial charge in [-0.15, -0.1) is 6.58 Å². The predicted octanol–water partition coefficient (Wildman–Crippen LogP) is 2.96. The van der Waals surface area contributed by atoms with Crippen molar-refractivity contribution in [1.29, 1.82) is 0 Å². The summed E-state index contributed by atoms with van der Waals surface area (Å²) in [6.07, 6.45) is 2.39. The number of para-hydroxylation sites is 1. The van der Waals surface area contributed by atoms with Crippen molar-refractivity contribution in [2.24, 2.45) is 0 Å². The van der Waals surface area contributed by atoms with Crippen molar-refractivity contribution in [2.45, 2.75) is 12.5 Å². The summed E-state index contributed by atoms with van der Waals surface area (Å²) in [6, 6.07) is 16.6. The van der Waals surface area contributed by atoms with Gasteiger partial charge in [-0.05, 0) is 35.7 Å². The van der Waals surface area contributed by atoms with Crippen molar-refractivity contribution < 1.29 is 8.42 Å². The lowest BCUT2D eigenvalue weighted by Gasteiger charge is -2.31. The van der Waals surface area contributed by atoms with Crippen LogP contribution in [-0.4, -0.2) is 41.4 Å². The van der Waals surface area contributed by atoms with Crippen LogP contribution in [0.5, 0.6) is 0 Å². The number of anilines is 2. The number of benzene rings is 2. The molecular formula is C21H27N3O2S. The molecule has 0 aromatic heterocycles. The van der Waals surface area contributed by atoms with Crippen molar-refractivity contribution in [3.05, 3.63) is 72.3 Å². The average molecular weight is 386 g/mol. The highest BCUT2D eigenvalue weighted by atomic mass is 32.2. The Morgan fingerprint density at radius 1 is 1.19 bits per heavy atom. The molecule has 144 valence electrons. The number of sulfonamides is 1. The van der Waals surface area contributed by atoms with Crippen LogP contribution in [0.25, 0.3) is 0 Å². The quantitative estimate of drug-likeness (QED) is 0.710. The van der Waals surface area contributed by atoms with E-state index in [0.29, 0.717) is 6.54 Å². The summed E-state index contributed by atoms with van der Waals surface area (Å²) in [6.45, 7) is 4.73. The van der Waals surface area contributed by atoms with Gasteiger partial charge in [0.1, 0.15) is 0 Å². The minimum absolute atomic E-state index is 0.0653. The Kier molecular flexibility index (Phi) is 5.87. The van der Waals surface area contributed by atoms with E-state index in [9.17, 15) is 8.42 Å². The summed E-state index contributed by atoms with van der Waals surface area (Å²) >= 11 is 0. The Bertz CT molecular complexity index is 892. The van der Waals surface area contributed by atoms with Gasteiger partial charge in [0.15, 0.2) is 0 Å². The van der Waals surface area contributed by atoms with Crippen LogP contribution in [0.3, 0.4) is 0 Å². The smallest absolute Gasteiger partial charge is 0.215 e. The first-order valence-corrected chi connectivity index (χ1v) is 10.8. The molecule has 0 spiro atoms. The van der Waals surface area contributed by atoms with E-state index in [-0.39, 0.29) is 11.8 Å². The minimum atomic E-state index is -3.37. The van der Waals surface area contributed by atoms with E-state index < -0.39 is 10.0 Å². The molecule has 1 heterocycles. The number of rotatable bonds is 8. The van der Waals surface area contributed by atoms with Crippen LogP contribution >= 0.6 is 0 Å². The molecular weight excluding hydrogens is 358 g/mol. The lowest BCUT2D eigenvalue weighted by Crippen LogP contribution is -2.38. The second kappa shape index (κ2) is 8.15. The summed E-state index contributed by atoms with van der Waals surface area (Å²) in [4.78, 5) is 4.35. The maximum absolute atomic E-state index is 12.2. The molecule has 0 saturated heterocycles. The molecule has 0 radical (unpaired) electrons. The van der Waals surface area contributed by atoms with Crippen LogP contribution < -0.4 is 14.5 Å². The molecule has 1 unspecified atom stereocenters. The molecule has 0 fully saturated rings. The molecule has 0 saturated carbocycles. The van der Waals surface area contributed by atoms with E-state index in [1.807, 2.05) is 20.2 Å². The highest BCUT2D eigenvalue weighted by Crippen LogP contribution is 2.35. The molecule has 0 amide bonds. The van der Waals surface area contributed by atoms with E-state index in [0.717, 1.165) is 24.2 Å². The summed E-state index contributed by atoms with van der Waals surface area (Å²) in [5.41, 5.74) is 4.70. The molecule has 2 aromatic carbocycles. The van der Waals surface area contributed by atoms with Gasteiger partial charge >= 0.3 is 0 Å². The first-order valence-electron chi connectivity index (χ1n) is 9.11. The highest BCUT2D eigenvalue weighted by molar-refractivity contribution is 7.89. The first kappa shape index (κ1) is 19.5. The summed E-state index contributed by atoms with van der Waals surface area (Å²) in [5.74, 6) is -0.0735. The summed E-state index contributed by atoms with van der Waals surface area (Å²) < 4.78 is 27.1. The van der Waals surface area contributed by atoms with Gasteiger partial charge in [0.2, 0.25) is 10.0 Å². The molecule has 3 rings (SSSR count). The second-order valence-electron chi connectivity index (χ2n) is 6.99. The van der Waals surface area contributed by atoms with Gasteiger partial charge in [0, 0.05) is 38.6 Å². The average Bonchev–Trinajstić information content (AvgIpc) is 3.06. The molecule has 6 heteroatoms. The van der Waals surface area contributed by atoms with Gasteiger partial charge < -0.3 is 9.80 Å². The zero-order chi connectivity index (χ0) is 19.4. The normalized spacial score (nSPS) is 14.7. The van der Waals surface area contributed by atoms with Crippen LogP contribution in [0.1, 0.15) is 17.2 Å². The Morgan fingerprint density at radius 3 is 2.56 bits per heavy atom. The van der Waals surface area contributed by atoms with Gasteiger partial charge in [-0.2, -0.15) is 0 Å². The molecule has 1 atom stereocenters. The Hall–Kier alpha value is -2.31. The monoisotopic (exact) mass is 385 g/mol. The molecule has 2 aromatic rings. The van der Waals surface area contributed by atoms with Gasteiger partial charge in [0.25, 0.3) is 0 Å². The molecule has 1 N–H and O–H groups in total. The third kappa shape index (κ3) is 4.51. The fourth-order valence-corrected chi connectivity index (χ4v) is 4.35. The van der Waals surface area contributed by atoms with E-state index in [1.54, 1.807) is 0 Å². The van der Waals surface area contributed by atoms with Crippen molar-refractivity contribution in [1.82, 2.24) is 4.72 Å². The van der Waals surface area contributed by atoms with E-state index >= 15 is 0 Å². The maximum atomic E-state index is 12.2. The van der Waals surface area contributed by atoms with Crippen LogP contribution in [-0.2, 0) is 16.4 Å². The zero-order valence-electron chi connectivity index (χ0n) is 15.9. The lowest BCUT2D eigenvalue weighted by atomic mass is 10.0. The number of hydrogen-bond donors (Lipinski definition) is 1. The molecule has 1 aliphatic heterocycles. The topological polar surface area (TPSA) is 52.7 Å². The molecule has 0 bridgehead atoms. The predicted molar refractivity (Wildman–Crippen MR) is 113 cm³/mol. The number of nitrogens with zero attached hydrogens (tertiary/aromatic N) is 2. The first-order chi connectivity index (χ1) is 12.9. The fraction of sp³-hybridized carbons (Fsp3) is 0.333. The Morgan fingerprint density at radius 2 is 1.89 bits per heavy atom.